The molecule has 0 rings (SSSR count). The molecule has 0 aliphatic heterocycles. The molecule has 0 heterocycles. The Morgan fingerprint density at radius 1 is 0.256 bits per heavy atom. The molecular formula is C72H136O6. The summed E-state index contributed by atoms with van der Waals surface area (Å²) in [4.78, 5) is 38.3. The molecule has 0 spiro atoms. The zero-order chi connectivity index (χ0) is 56.4. The van der Waals surface area contributed by atoms with Crippen LogP contribution in [0.3, 0.4) is 0 Å². The van der Waals surface area contributed by atoms with E-state index in [0.29, 0.717) is 19.3 Å². The summed E-state index contributed by atoms with van der Waals surface area (Å²) in [5.74, 6) is -0.857. The van der Waals surface area contributed by atoms with Crippen LogP contribution in [0.5, 0.6) is 0 Å². The van der Waals surface area contributed by atoms with Gasteiger partial charge in [-0.15, -0.1) is 0 Å². The van der Waals surface area contributed by atoms with Crippen LogP contribution < -0.4 is 0 Å². The first kappa shape index (κ1) is 75.9. The van der Waals surface area contributed by atoms with E-state index in [1.807, 2.05) is 0 Å². The molecule has 460 valence electrons. The molecule has 0 amide bonds. The summed E-state index contributed by atoms with van der Waals surface area (Å²) in [6.45, 7) is 6.67. The van der Waals surface area contributed by atoms with Gasteiger partial charge in [0.15, 0.2) is 6.10 Å². The summed E-state index contributed by atoms with van der Waals surface area (Å²) in [6.07, 6.45) is 82.3. The Morgan fingerprint density at radius 2 is 0.462 bits per heavy atom. The summed E-state index contributed by atoms with van der Waals surface area (Å²) in [7, 11) is 0. The van der Waals surface area contributed by atoms with E-state index in [2.05, 4.69) is 45.1 Å². The number of hydrogen-bond acceptors (Lipinski definition) is 6. The van der Waals surface area contributed by atoms with E-state index in [1.165, 1.54) is 283 Å². The number of esters is 3. The first-order valence-corrected chi connectivity index (χ1v) is 35.3. The van der Waals surface area contributed by atoms with E-state index in [0.717, 1.165) is 77.0 Å². The highest BCUT2D eigenvalue weighted by Crippen LogP contribution is 2.19. The number of carbonyl (C=O) groups excluding carboxylic acids is 3. The topological polar surface area (TPSA) is 78.9 Å². The van der Waals surface area contributed by atoms with Gasteiger partial charge in [0.25, 0.3) is 0 Å². The molecule has 0 aromatic rings. The number of allylic oxidation sites excluding steroid dienone is 4. The van der Waals surface area contributed by atoms with E-state index in [-0.39, 0.29) is 31.1 Å². The van der Waals surface area contributed by atoms with Crippen LogP contribution in [-0.4, -0.2) is 37.2 Å². The van der Waals surface area contributed by atoms with Crippen molar-refractivity contribution in [2.24, 2.45) is 0 Å². The molecule has 6 nitrogen and oxygen atoms in total. The van der Waals surface area contributed by atoms with Gasteiger partial charge in [0.2, 0.25) is 0 Å². The van der Waals surface area contributed by atoms with Gasteiger partial charge in [0.1, 0.15) is 13.2 Å². The summed E-state index contributed by atoms with van der Waals surface area (Å²) >= 11 is 0. The maximum atomic E-state index is 12.9. The molecule has 0 N–H and O–H groups in total. The summed E-state index contributed by atoms with van der Waals surface area (Å²) < 4.78 is 16.9. The van der Waals surface area contributed by atoms with E-state index in [9.17, 15) is 14.4 Å². The van der Waals surface area contributed by atoms with E-state index < -0.39 is 6.10 Å². The normalized spacial score (nSPS) is 12.1. The van der Waals surface area contributed by atoms with Gasteiger partial charge >= 0.3 is 17.9 Å². The Morgan fingerprint density at radius 3 is 0.731 bits per heavy atom. The first-order chi connectivity index (χ1) is 38.5. The van der Waals surface area contributed by atoms with Gasteiger partial charge in [-0.25, -0.2) is 0 Å². The van der Waals surface area contributed by atoms with E-state index in [1.54, 1.807) is 0 Å². The van der Waals surface area contributed by atoms with Crippen molar-refractivity contribution >= 4 is 17.9 Å². The van der Waals surface area contributed by atoms with Crippen LogP contribution in [0, 0.1) is 0 Å². The van der Waals surface area contributed by atoms with E-state index in [4.69, 9.17) is 14.2 Å². The fourth-order valence-electron chi connectivity index (χ4n) is 10.9. The van der Waals surface area contributed by atoms with Crippen molar-refractivity contribution in [3.63, 3.8) is 0 Å². The Kier molecular flexibility index (Phi) is 65.6. The van der Waals surface area contributed by atoms with Crippen molar-refractivity contribution in [2.75, 3.05) is 13.2 Å². The lowest BCUT2D eigenvalue weighted by molar-refractivity contribution is -0.167. The fourth-order valence-corrected chi connectivity index (χ4v) is 10.9. The van der Waals surface area contributed by atoms with Crippen LogP contribution in [0.25, 0.3) is 0 Å². The lowest BCUT2D eigenvalue weighted by Gasteiger charge is -2.18. The highest BCUT2D eigenvalue weighted by Gasteiger charge is 2.19. The second kappa shape index (κ2) is 67.4. The van der Waals surface area contributed by atoms with Crippen LogP contribution in [0.1, 0.15) is 400 Å². The number of carbonyl (C=O) groups is 3. The standard InChI is InChI=1S/C72H136O6/c1-4-7-10-13-16-19-22-25-27-28-29-30-31-32-33-34-35-36-37-38-39-40-41-42-43-45-47-50-53-56-59-62-65-71(74)77-68-69(67-76-70(73)64-61-58-55-52-49-46-24-21-18-15-12-9-6-3)78-72(75)66-63-60-57-54-51-48-44-26-23-20-17-14-11-8-5-2/h17,20,26,44,69H,4-16,18-19,21-25,27-43,45-68H2,1-3H3/b20-17-,44-26-. The fraction of sp³-hybridized carbons (Fsp3) is 0.903. The van der Waals surface area contributed by atoms with Crippen molar-refractivity contribution in [3.05, 3.63) is 24.3 Å². The van der Waals surface area contributed by atoms with E-state index >= 15 is 0 Å². The van der Waals surface area contributed by atoms with Gasteiger partial charge < -0.3 is 14.2 Å². The molecule has 0 aliphatic rings. The lowest BCUT2D eigenvalue weighted by atomic mass is 10.0. The SMILES string of the molecule is CCCCC/C=C\C/C=C\CCCCCCCC(=O)OC(COC(=O)CCCCCCCCCCCCCCC)COC(=O)CCCCCCCCCCCCCCCCCCCCCCCCCCCCCCCCCC. The molecule has 0 radical (unpaired) electrons. The van der Waals surface area contributed by atoms with Gasteiger partial charge in [-0.3, -0.25) is 14.4 Å². The average Bonchev–Trinajstić information content (AvgIpc) is 3.44. The van der Waals surface area contributed by atoms with Gasteiger partial charge in [-0.1, -0.05) is 353 Å². The molecule has 1 atom stereocenters. The third kappa shape index (κ3) is 64.7. The van der Waals surface area contributed by atoms with Crippen molar-refractivity contribution in [3.8, 4) is 0 Å². The molecule has 0 aromatic heterocycles. The van der Waals surface area contributed by atoms with Crippen LogP contribution in [0.4, 0.5) is 0 Å². The maximum absolute atomic E-state index is 12.9. The smallest absolute Gasteiger partial charge is 0.306 e. The molecular weight excluding hydrogens is 961 g/mol. The molecule has 6 heteroatoms. The predicted octanol–water partition coefficient (Wildman–Crippen LogP) is 24.2. The minimum Gasteiger partial charge on any atom is -0.462 e. The molecule has 0 saturated heterocycles. The maximum Gasteiger partial charge on any atom is 0.306 e. The highest BCUT2D eigenvalue weighted by atomic mass is 16.6. The average molecular weight is 1100 g/mol. The van der Waals surface area contributed by atoms with Crippen molar-refractivity contribution in [2.45, 2.75) is 406 Å². The van der Waals surface area contributed by atoms with Crippen LogP contribution in [0.15, 0.2) is 24.3 Å². The van der Waals surface area contributed by atoms with Crippen molar-refractivity contribution < 1.29 is 28.6 Å². The van der Waals surface area contributed by atoms with Gasteiger partial charge in [0, 0.05) is 19.3 Å². The number of rotatable bonds is 66. The molecule has 0 fully saturated rings. The Hall–Kier alpha value is -2.11. The predicted molar refractivity (Wildman–Crippen MR) is 340 cm³/mol. The van der Waals surface area contributed by atoms with Gasteiger partial charge in [-0.05, 0) is 51.4 Å². The Bertz CT molecular complexity index is 1260. The second-order valence-corrected chi connectivity index (χ2v) is 24.2. The molecule has 0 saturated carbocycles. The summed E-state index contributed by atoms with van der Waals surface area (Å²) in [5.41, 5.74) is 0. The Balaban J connectivity index is 4.08. The molecule has 0 aliphatic carbocycles. The molecule has 0 bridgehead atoms. The zero-order valence-electron chi connectivity index (χ0n) is 53.0. The lowest BCUT2D eigenvalue weighted by Crippen LogP contribution is -2.30. The van der Waals surface area contributed by atoms with Crippen LogP contribution in [-0.2, 0) is 28.6 Å². The highest BCUT2D eigenvalue weighted by molar-refractivity contribution is 5.71. The molecule has 1 unspecified atom stereocenters. The van der Waals surface area contributed by atoms with Crippen molar-refractivity contribution in [1.82, 2.24) is 0 Å². The largest absolute Gasteiger partial charge is 0.462 e. The third-order valence-electron chi connectivity index (χ3n) is 16.2. The summed E-state index contributed by atoms with van der Waals surface area (Å²) in [5, 5.41) is 0. The number of ether oxygens (including phenoxy) is 3. The molecule has 0 aromatic carbocycles. The van der Waals surface area contributed by atoms with Gasteiger partial charge in [-0.2, -0.15) is 0 Å². The number of unbranched alkanes of at least 4 members (excludes halogenated alkanes) is 51. The van der Waals surface area contributed by atoms with Crippen LogP contribution >= 0.6 is 0 Å². The summed E-state index contributed by atoms with van der Waals surface area (Å²) in [6, 6.07) is 0. The minimum absolute atomic E-state index is 0.0710. The quantitative estimate of drug-likeness (QED) is 0.0261. The number of hydrogen-bond donors (Lipinski definition) is 0. The molecule has 78 heavy (non-hydrogen) atoms. The van der Waals surface area contributed by atoms with Gasteiger partial charge in [0.05, 0.1) is 0 Å². The monoisotopic (exact) mass is 1100 g/mol. The Labute approximate surface area is 487 Å². The first-order valence-electron chi connectivity index (χ1n) is 35.3. The second-order valence-electron chi connectivity index (χ2n) is 24.2. The minimum atomic E-state index is -0.775. The van der Waals surface area contributed by atoms with Crippen LogP contribution in [0.2, 0.25) is 0 Å². The zero-order valence-corrected chi connectivity index (χ0v) is 53.0. The van der Waals surface area contributed by atoms with Crippen molar-refractivity contribution in [1.29, 1.82) is 0 Å². The third-order valence-corrected chi connectivity index (χ3v) is 16.2.